The molecule has 0 saturated heterocycles. The fourth-order valence-electron chi connectivity index (χ4n) is 4.44. The third kappa shape index (κ3) is 4.21. The molecule has 0 fully saturated rings. The predicted molar refractivity (Wildman–Crippen MR) is 126 cm³/mol. The van der Waals surface area contributed by atoms with Crippen LogP contribution < -0.4 is 19.5 Å². The molecule has 170 valence electrons. The van der Waals surface area contributed by atoms with Crippen molar-refractivity contribution < 1.29 is 19.0 Å². The zero-order valence-electron chi connectivity index (χ0n) is 18.4. The number of hydrogen-bond acceptors (Lipinski definition) is 6. The van der Waals surface area contributed by atoms with Crippen LogP contribution in [-0.2, 0) is 12.8 Å². The van der Waals surface area contributed by atoms with Crippen molar-refractivity contribution in [3.8, 4) is 17.2 Å². The van der Waals surface area contributed by atoms with Crippen LogP contribution in [-0.4, -0.2) is 43.3 Å². The predicted octanol–water partition coefficient (Wildman–Crippen LogP) is 4.50. The topological polar surface area (TPSA) is 72.9 Å². The second-order valence-corrected chi connectivity index (χ2v) is 8.57. The van der Waals surface area contributed by atoms with Crippen molar-refractivity contribution in [3.63, 3.8) is 0 Å². The van der Waals surface area contributed by atoms with Gasteiger partial charge in [0.05, 0.1) is 12.7 Å². The van der Waals surface area contributed by atoms with Crippen LogP contribution in [0.25, 0.3) is 0 Å². The van der Waals surface area contributed by atoms with Gasteiger partial charge in [0.2, 0.25) is 12.5 Å². The van der Waals surface area contributed by atoms with E-state index in [0.717, 1.165) is 47.7 Å². The summed E-state index contributed by atoms with van der Waals surface area (Å²) in [6.07, 6.45) is 3.19. The molecule has 3 aromatic rings. The van der Waals surface area contributed by atoms with E-state index in [1.165, 1.54) is 11.8 Å². The number of carbonyl (C=O) groups excluding carboxylic acids is 1. The van der Waals surface area contributed by atoms with Crippen LogP contribution in [0.4, 0.5) is 5.69 Å². The Morgan fingerprint density at radius 2 is 2.06 bits per heavy atom. The second-order valence-electron chi connectivity index (χ2n) is 8.19. The first-order chi connectivity index (χ1) is 16.0. The fraction of sp³-hybridized carbons (Fsp3) is 0.280. The van der Waals surface area contributed by atoms with Gasteiger partial charge in [-0.2, -0.15) is 0 Å². The molecule has 0 aliphatic carbocycles. The van der Waals surface area contributed by atoms with Crippen LogP contribution in [0.3, 0.4) is 0 Å². The van der Waals surface area contributed by atoms with Gasteiger partial charge in [0, 0.05) is 30.0 Å². The summed E-state index contributed by atoms with van der Waals surface area (Å²) in [5.74, 6) is 1.97. The summed E-state index contributed by atoms with van der Waals surface area (Å²) in [6, 6.07) is 13.4. The summed E-state index contributed by atoms with van der Waals surface area (Å²) in [7, 11) is 3.81. The Kier molecular flexibility index (Phi) is 5.83. The third-order valence-electron chi connectivity index (χ3n) is 6.18. The van der Waals surface area contributed by atoms with Gasteiger partial charge in [0.1, 0.15) is 5.15 Å². The van der Waals surface area contributed by atoms with Crippen LogP contribution in [0.2, 0.25) is 5.15 Å². The average Bonchev–Trinajstić information content (AvgIpc) is 3.29. The van der Waals surface area contributed by atoms with Crippen molar-refractivity contribution in [1.29, 1.82) is 0 Å². The van der Waals surface area contributed by atoms with E-state index in [-0.39, 0.29) is 18.7 Å². The van der Waals surface area contributed by atoms with Gasteiger partial charge in [-0.25, -0.2) is 4.98 Å². The van der Waals surface area contributed by atoms with E-state index >= 15 is 0 Å². The molecule has 0 saturated carbocycles. The number of halogens is 1. The maximum absolute atomic E-state index is 12.4. The number of methoxy groups -OCH3 is 1. The molecule has 1 N–H and O–H groups in total. The van der Waals surface area contributed by atoms with Gasteiger partial charge in [-0.3, -0.25) is 9.69 Å². The summed E-state index contributed by atoms with van der Waals surface area (Å²) in [6.45, 7) is 1.16. The minimum Gasteiger partial charge on any atom is -0.492 e. The lowest BCUT2D eigenvalue weighted by atomic mass is 9.87. The van der Waals surface area contributed by atoms with Crippen molar-refractivity contribution >= 4 is 23.2 Å². The van der Waals surface area contributed by atoms with E-state index in [9.17, 15) is 4.79 Å². The average molecular weight is 466 g/mol. The highest BCUT2D eigenvalue weighted by molar-refractivity contribution is 6.29. The molecule has 1 atom stereocenters. The first-order valence-electron chi connectivity index (χ1n) is 10.7. The van der Waals surface area contributed by atoms with Crippen LogP contribution in [0.15, 0.2) is 48.7 Å². The van der Waals surface area contributed by atoms with Crippen molar-refractivity contribution in [2.45, 2.75) is 18.9 Å². The molecule has 1 aromatic heterocycles. The zero-order chi connectivity index (χ0) is 22.9. The Morgan fingerprint density at radius 3 is 2.79 bits per heavy atom. The van der Waals surface area contributed by atoms with Crippen molar-refractivity contribution in [3.05, 3.63) is 76.1 Å². The smallest absolute Gasteiger partial charge is 0.257 e. The Bertz CT molecular complexity index is 1180. The summed E-state index contributed by atoms with van der Waals surface area (Å²) >= 11 is 5.80. The number of anilines is 1. The Hall–Kier alpha value is -3.29. The molecular weight excluding hydrogens is 442 g/mol. The number of ether oxygens (including phenoxy) is 3. The highest BCUT2D eigenvalue weighted by Gasteiger charge is 2.33. The largest absolute Gasteiger partial charge is 0.492 e. The van der Waals surface area contributed by atoms with E-state index in [1.54, 1.807) is 19.2 Å². The highest BCUT2D eigenvalue weighted by atomic mass is 35.5. The number of hydrogen-bond donors (Lipinski definition) is 1. The summed E-state index contributed by atoms with van der Waals surface area (Å²) in [5, 5.41) is 3.25. The third-order valence-corrected chi connectivity index (χ3v) is 6.40. The second kappa shape index (κ2) is 8.92. The standard InChI is InChI=1S/C25H24ClN3O4/c1-29-10-9-16-12-20-23(33-14-32-20)24(31-2)22(16)19(29)11-15-3-6-18(7-4-15)28-25(30)17-5-8-21(26)27-13-17/h3-8,12-13,19H,9-11,14H2,1-2H3,(H,28,30)/t19-/m0/s1. The van der Waals surface area contributed by atoms with Crippen molar-refractivity contribution in [2.75, 3.05) is 32.8 Å². The number of amides is 1. The molecule has 8 heteroatoms. The van der Waals surface area contributed by atoms with E-state index in [0.29, 0.717) is 16.5 Å². The Balaban J connectivity index is 1.36. The Morgan fingerprint density at radius 1 is 1.24 bits per heavy atom. The van der Waals surface area contributed by atoms with Gasteiger partial charge in [-0.1, -0.05) is 23.7 Å². The van der Waals surface area contributed by atoms with Gasteiger partial charge < -0.3 is 19.5 Å². The van der Waals surface area contributed by atoms with Crippen molar-refractivity contribution in [1.82, 2.24) is 9.88 Å². The number of likely N-dealkylation sites (N-methyl/N-ethyl adjacent to an activating group) is 1. The number of aromatic nitrogens is 1. The number of benzene rings is 2. The normalized spacial score (nSPS) is 16.9. The van der Waals surface area contributed by atoms with Crippen LogP contribution in [0, 0.1) is 0 Å². The summed E-state index contributed by atoms with van der Waals surface area (Å²) in [4.78, 5) is 18.7. The van der Waals surface area contributed by atoms with E-state index in [4.69, 9.17) is 25.8 Å². The lowest BCUT2D eigenvalue weighted by Crippen LogP contribution is -2.33. The number of rotatable bonds is 5. The maximum Gasteiger partial charge on any atom is 0.257 e. The lowest BCUT2D eigenvalue weighted by Gasteiger charge is -2.36. The van der Waals surface area contributed by atoms with E-state index < -0.39 is 0 Å². The molecule has 5 rings (SSSR count). The molecule has 0 bridgehead atoms. The molecule has 2 aromatic carbocycles. The van der Waals surface area contributed by atoms with Crippen LogP contribution >= 0.6 is 11.6 Å². The fourth-order valence-corrected chi connectivity index (χ4v) is 4.56. The van der Waals surface area contributed by atoms with Gasteiger partial charge in [0.15, 0.2) is 11.5 Å². The molecule has 7 nitrogen and oxygen atoms in total. The molecule has 3 heterocycles. The van der Waals surface area contributed by atoms with Crippen LogP contribution in [0.1, 0.15) is 33.1 Å². The van der Waals surface area contributed by atoms with Crippen LogP contribution in [0.5, 0.6) is 17.2 Å². The number of nitrogens with one attached hydrogen (secondary N) is 1. The maximum atomic E-state index is 12.4. The minimum absolute atomic E-state index is 0.138. The molecular formula is C25H24ClN3O4. The number of pyridine rings is 1. The SMILES string of the molecule is COc1c2c(cc3c1[C@H](Cc1ccc(NC(=O)c4ccc(Cl)nc4)cc1)N(C)CC3)OCO2. The summed E-state index contributed by atoms with van der Waals surface area (Å²) < 4.78 is 17.1. The summed E-state index contributed by atoms with van der Waals surface area (Å²) in [5.41, 5.74) is 4.72. The first-order valence-corrected chi connectivity index (χ1v) is 11.1. The number of nitrogens with zero attached hydrogens (tertiary/aromatic N) is 2. The monoisotopic (exact) mass is 465 g/mol. The van der Waals surface area contributed by atoms with Crippen molar-refractivity contribution in [2.24, 2.45) is 0 Å². The van der Waals surface area contributed by atoms with Gasteiger partial charge in [-0.15, -0.1) is 0 Å². The molecule has 2 aliphatic heterocycles. The van der Waals surface area contributed by atoms with Gasteiger partial charge >= 0.3 is 0 Å². The molecule has 0 unspecified atom stereocenters. The quantitative estimate of drug-likeness (QED) is 0.559. The molecule has 1 amide bonds. The Labute approximate surface area is 197 Å². The molecule has 2 aliphatic rings. The van der Waals surface area contributed by atoms with E-state index in [2.05, 4.69) is 28.3 Å². The lowest BCUT2D eigenvalue weighted by molar-refractivity contribution is 0.102. The molecule has 0 spiro atoms. The van der Waals surface area contributed by atoms with Gasteiger partial charge in [0.25, 0.3) is 5.91 Å². The van der Waals surface area contributed by atoms with Gasteiger partial charge in [-0.05, 0) is 61.3 Å². The first kappa shape index (κ1) is 21.6. The number of carbonyl (C=O) groups is 1. The van der Waals surface area contributed by atoms with E-state index in [1.807, 2.05) is 24.3 Å². The zero-order valence-corrected chi connectivity index (χ0v) is 19.2. The minimum atomic E-state index is -0.228. The molecule has 0 radical (unpaired) electrons. The highest BCUT2D eigenvalue weighted by Crippen LogP contribution is 2.49. The molecule has 33 heavy (non-hydrogen) atoms. The number of fused-ring (bicyclic) bond motifs is 2.